The smallest absolute Gasteiger partial charge is 0.210 e. The molecule has 6 N–H and O–H groups in total. The molecule has 0 aliphatic heterocycles. The summed E-state index contributed by atoms with van der Waals surface area (Å²) < 4.78 is 26.1. The van der Waals surface area contributed by atoms with Gasteiger partial charge in [-0.3, -0.25) is 10.4 Å². The van der Waals surface area contributed by atoms with E-state index in [1.165, 1.54) is 0 Å². The van der Waals surface area contributed by atoms with Crippen molar-refractivity contribution in [2.45, 2.75) is 6.42 Å². The number of methoxy groups -OCH3 is 1. The summed E-state index contributed by atoms with van der Waals surface area (Å²) in [6.07, 6.45) is 0.762. The normalized spacial score (nSPS) is 12.6. The number of nitrogens with one attached hydrogen (secondary N) is 2. The van der Waals surface area contributed by atoms with Crippen LogP contribution in [0.25, 0.3) is 0 Å². The Morgan fingerprint density at radius 3 is 2.69 bits per heavy atom. The van der Waals surface area contributed by atoms with Crippen LogP contribution in [-0.2, 0) is 14.8 Å². The van der Waals surface area contributed by atoms with Crippen molar-refractivity contribution in [1.29, 1.82) is 0 Å². The molecule has 0 rings (SSSR count). The van der Waals surface area contributed by atoms with Gasteiger partial charge in [0.15, 0.2) is 0 Å². The Morgan fingerprint density at radius 2 is 2.19 bits per heavy atom. The monoisotopic (exact) mass is 253 g/mol. The van der Waals surface area contributed by atoms with Gasteiger partial charge in [-0.05, 0) is 6.42 Å². The number of sulfonamides is 1. The maximum atomic E-state index is 10.6. The van der Waals surface area contributed by atoms with Gasteiger partial charge >= 0.3 is 0 Å². The Bertz CT molecular complexity index is 303. The molecule has 0 heterocycles. The molecule has 8 nitrogen and oxygen atoms in total. The molecule has 0 fully saturated rings. The summed E-state index contributed by atoms with van der Waals surface area (Å²) in [7, 11) is -1.86. The standard InChI is InChI=1S/C7H19N5O3S/c1-15-5-2-3-10-7(12-8)11-4-6-16(9,13)14/h2-6,8H2,1H3,(H2,9,13,14)(H2,10,11,12). The van der Waals surface area contributed by atoms with Crippen molar-refractivity contribution in [3.63, 3.8) is 0 Å². The lowest BCUT2D eigenvalue weighted by Gasteiger charge is -2.08. The Morgan fingerprint density at radius 1 is 1.50 bits per heavy atom. The number of guanidine groups is 1. The summed E-state index contributed by atoms with van der Waals surface area (Å²) in [6.45, 7) is 1.31. The molecule has 0 bridgehead atoms. The quantitative estimate of drug-likeness (QED) is 0.133. The third-order valence-corrected chi connectivity index (χ3v) is 2.37. The minimum Gasteiger partial charge on any atom is -0.385 e. The van der Waals surface area contributed by atoms with Crippen molar-refractivity contribution < 1.29 is 13.2 Å². The van der Waals surface area contributed by atoms with E-state index in [0.717, 1.165) is 6.42 Å². The van der Waals surface area contributed by atoms with E-state index in [1.54, 1.807) is 7.11 Å². The first kappa shape index (κ1) is 15.1. The van der Waals surface area contributed by atoms with Crippen molar-refractivity contribution in [3.8, 4) is 0 Å². The Kier molecular flexibility index (Phi) is 7.81. The topological polar surface area (TPSA) is 132 Å². The average Bonchev–Trinajstić information content (AvgIpc) is 2.20. The zero-order valence-electron chi connectivity index (χ0n) is 9.27. The predicted octanol–water partition coefficient (Wildman–Crippen LogP) is -2.28. The van der Waals surface area contributed by atoms with Gasteiger partial charge in [-0.1, -0.05) is 0 Å². The molecule has 16 heavy (non-hydrogen) atoms. The van der Waals surface area contributed by atoms with Crippen molar-refractivity contribution in [1.82, 2.24) is 10.7 Å². The van der Waals surface area contributed by atoms with Gasteiger partial charge in [0.25, 0.3) is 0 Å². The molecular weight excluding hydrogens is 234 g/mol. The summed E-state index contributed by atoms with van der Waals surface area (Å²) in [5.74, 6) is 5.34. The highest BCUT2D eigenvalue weighted by Gasteiger charge is 2.02. The molecule has 0 aromatic carbocycles. The second-order valence-electron chi connectivity index (χ2n) is 3.01. The fourth-order valence-electron chi connectivity index (χ4n) is 0.864. The van der Waals surface area contributed by atoms with Crippen LogP contribution in [0.3, 0.4) is 0 Å². The van der Waals surface area contributed by atoms with Gasteiger partial charge in [0.1, 0.15) is 0 Å². The fraction of sp³-hybridized carbons (Fsp3) is 0.857. The molecule has 0 amide bonds. The largest absolute Gasteiger partial charge is 0.385 e. The number of primary sulfonamides is 1. The number of hydrazine groups is 1. The van der Waals surface area contributed by atoms with E-state index in [4.69, 9.17) is 15.7 Å². The maximum absolute atomic E-state index is 10.6. The third kappa shape index (κ3) is 9.65. The summed E-state index contributed by atoms with van der Waals surface area (Å²) >= 11 is 0. The summed E-state index contributed by atoms with van der Waals surface area (Å²) in [6, 6.07) is 0. The third-order valence-electron chi connectivity index (χ3n) is 1.59. The van der Waals surface area contributed by atoms with Gasteiger partial charge in [0.05, 0.1) is 5.75 Å². The zero-order valence-corrected chi connectivity index (χ0v) is 10.1. The molecule has 0 radical (unpaired) electrons. The molecule has 0 unspecified atom stereocenters. The van der Waals surface area contributed by atoms with Crippen LogP contribution in [0.15, 0.2) is 4.99 Å². The highest BCUT2D eigenvalue weighted by Crippen LogP contribution is 1.82. The van der Waals surface area contributed by atoms with Crippen LogP contribution in [0.4, 0.5) is 0 Å². The predicted molar refractivity (Wildman–Crippen MR) is 62.1 cm³/mol. The maximum Gasteiger partial charge on any atom is 0.210 e. The van der Waals surface area contributed by atoms with E-state index >= 15 is 0 Å². The summed E-state index contributed by atoms with van der Waals surface area (Å²) in [5.41, 5.74) is 2.33. The van der Waals surface area contributed by atoms with E-state index in [1.807, 2.05) is 0 Å². The van der Waals surface area contributed by atoms with E-state index < -0.39 is 10.0 Å². The minimum atomic E-state index is -3.46. The van der Waals surface area contributed by atoms with Crippen LogP contribution in [0, 0.1) is 0 Å². The molecule has 0 aromatic heterocycles. The Hall–Kier alpha value is -0.900. The molecule has 0 spiro atoms. The SMILES string of the molecule is COCCCN=C(NN)NCCS(N)(=O)=O. The van der Waals surface area contributed by atoms with Crippen LogP contribution in [-0.4, -0.2) is 46.9 Å². The van der Waals surface area contributed by atoms with E-state index in [2.05, 4.69) is 15.7 Å². The lowest BCUT2D eigenvalue weighted by Crippen LogP contribution is -2.43. The van der Waals surface area contributed by atoms with Crippen LogP contribution in [0.1, 0.15) is 6.42 Å². The number of nitrogens with zero attached hydrogens (tertiary/aromatic N) is 1. The summed E-state index contributed by atoms with van der Waals surface area (Å²) in [4.78, 5) is 4.05. The van der Waals surface area contributed by atoms with Gasteiger partial charge < -0.3 is 10.1 Å². The molecule has 0 aliphatic carbocycles. The first-order valence-corrected chi connectivity index (χ1v) is 6.45. The first-order valence-electron chi connectivity index (χ1n) is 4.74. The zero-order chi connectivity index (χ0) is 12.4. The van der Waals surface area contributed by atoms with Crippen LogP contribution >= 0.6 is 0 Å². The highest BCUT2D eigenvalue weighted by atomic mass is 32.2. The van der Waals surface area contributed by atoms with Crippen molar-refractivity contribution in [2.75, 3.05) is 32.6 Å². The number of rotatable bonds is 7. The van der Waals surface area contributed by atoms with Gasteiger partial charge in [-0.15, -0.1) is 0 Å². The number of hydrogen-bond acceptors (Lipinski definition) is 5. The number of aliphatic imine (C=N–C) groups is 1. The van der Waals surface area contributed by atoms with Crippen molar-refractivity contribution in [2.24, 2.45) is 16.0 Å². The molecule has 0 aliphatic rings. The number of nitrogens with two attached hydrogens (primary N) is 2. The lowest BCUT2D eigenvalue weighted by molar-refractivity contribution is 0.197. The van der Waals surface area contributed by atoms with Crippen LogP contribution in [0.5, 0.6) is 0 Å². The second-order valence-corrected chi connectivity index (χ2v) is 4.75. The van der Waals surface area contributed by atoms with Gasteiger partial charge in [-0.25, -0.2) is 19.4 Å². The Labute approximate surface area is 95.4 Å². The van der Waals surface area contributed by atoms with Crippen LogP contribution in [0.2, 0.25) is 0 Å². The summed E-state index contributed by atoms with van der Waals surface area (Å²) in [5, 5.41) is 7.54. The van der Waals surface area contributed by atoms with Crippen molar-refractivity contribution >= 4 is 16.0 Å². The lowest BCUT2D eigenvalue weighted by atomic mass is 10.5. The molecule has 0 saturated carbocycles. The van der Waals surface area contributed by atoms with Gasteiger partial charge in [0.2, 0.25) is 16.0 Å². The average molecular weight is 253 g/mol. The first-order chi connectivity index (χ1) is 7.49. The van der Waals surface area contributed by atoms with E-state index in [0.29, 0.717) is 19.1 Å². The fourth-order valence-corrected chi connectivity index (χ4v) is 1.25. The molecule has 0 aromatic rings. The molecule has 9 heteroatoms. The second kappa shape index (κ2) is 8.28. The molecule has 96 valence electrons. The molecule has 0 atom stereocenters. The van der Waals surface area contributed by atoms with Gasteiger partial charge in [-0.2, -0.15) is 0 Å². The number of ether oxygens (including phenoxy) is 1. The Balaban J connectivity index is 3.82. The molecule has 0 saturated heterocycles. The van der Waals surface area contributed by atoms with E-state index in [-0.39, 0.29) is 12.3 Å². The van der Waals surface area contributed by atoms with Crippen LogP contribution < -0.4 is 21.7 Å². The highest BCUT2D eigenvalue weighted by molar-refractivity contribution is 7.89. The van der Waals surface area contributed by atoms with Gasteiger partial charge in [0, 0.05) is 26.8 Å². The van der Waals surface area contributed by atoms with Crippen molar-refractivity contribution in [3.05, 3.63) is 0 Å². The minimum absolute atomic E-state index is 0.159. The molecular formula is C7H19N5O3S. The van der Waals surface area contributed by atoms with E-state index in [9.17, 15) is 8.42 Å². The number of hydrogen-bond donors (Lipinski definition) is 4.